The van der Waals surface area contributed by atoms with Gasteiger partial charge in [-0.1, -0.05) is 30.3 Å². The van der Waals surface area contributed by atoms with E-state index in [1.54, 1.807) is 25.3 Å². The molecule has 0 saturated carbocycles. The van der Waals surface area contributed by atoms with Gasteiger partial charge in [0, 0.05) is 11.8 Å². The van der Waals surface area contributed by atoms with Crippen molar-refractivity contribution in [1.82, 2.24) is 0 Å². The van der Waals surface area contributed by atoms with E-state index in [1.807, 2.05) is 30.3 Å². The molecule has 1 atom stereocenters. The van der Waals surface area contributed by atoms with Crippen LogP contribution in [-0.2, 0) is 0 Å². The van der Waals surface area contributed by atoms with Gasteiger partial charge in [0.15, 0.2) is 0 Å². The molecule has 2 rings (SSSR count). The van der Waals surface area contributed by atoms with Crippen LogP contribution < -0.4 is 4.74 Å². The molecule has 0 aromatic heterocycles. The predicted molar refractivity (Wildman–Crippen MR) is 78.5 cm³/mol. The highest BCUT2D eigenvalue weighted by Gasteiger charge is 2.05. The molecule has 104 valence electrons. The highest BCUT2D eigenvalue weighted by Crippen LogP contribution is 2.21. The standard InChI is InChI=1S/C16H17NO3/c1-20-14-7-8-15(18)13(9-14)10-17-11-16(19)12-5-3-2-4-6-12/h2-10,16,18-19H,11H2,1H3. The van der Waals surface area contributed by atoms with Gasteiger partial charge in [0.05, 0.1) is 19.8 Å². The lowest BCUT2D eigenvalue weighted by Gasteiger charge is -2.07. The van der Waals surface area contributed by atoms with E-state index in [0.29, 0.717) is 11.3 Å². The monoisotopic (exact) mass is 271 g/mol. The molecule has 0 aliphatic carbocycles. The van der Waals surface area contributed by atoms with E-state index in [4.69, 9.17) is 4.74 Å². The Hall–Kier alpha value is -2.33. The van der Waals surface area contributed by atoms with Gasteiger partial charge in [-0.25, -0.2) is 0 Å². The van der Waals surface area contributed by atoms with Crippen molar-refractivity contribution in [3.8, 4) is 11.5 Å². The van der Waals surface area contributed by atoms with Crippen LogP contribution in [0.2, 0.25) is 0 Å². The second-order valence-electron chi connectivity index (χ2n) is 4.35. The fourth-order valence-corrected chi connectivity index (χ4v) is 1.79. The Kier molecular flexibility index (Phi) is 4.74. The Balaban J connectivity index is 2.03. The van der Waals surface area contributed by atoms with Crippen molar-refractivity contribution in [3.05, 3.63) is 59.7 Å². The fraction of sp³-hybridized carbons (Fsp3) is 0.188. The van der Waals surface area contributed by atoms with Gasteiger partial charge in [-0.2, -0.15) is 0 Å². The van der Waals surface area contributed by atoms with Crippen molar-refractivity contribution < 1.29 is 14.9 Å². The smallest absolute Gasteiger partial charge is 0.124 e. The van der Waals surface area contributed by atoms with Crippen LogP contribution >= 0.6 is 0 Å². The lowest BCUT2D eigenvalue weighted by molar-refractivity contribution is 0.187. The molecule has 4 nitrogen and oxygen atoms in total. The number of hydrogen-bond donors (Lipinski definition) is 2. The molecular formula is C16H17NO3. The van der Waals surface area contributed by atoms with E-state index in [1.165, 1.54) is 6.21 Å². The summed E-state index contributed by atoms with van der Waals surface area (Å²) in [6, 6.07) is 14.2. The average Bonchev–Trinajstić information content (AvgIpc) is 2.50. The van der Waals surface area contributed by atoms with Crippen LogP contribution in [0.15, 0.2) is 53.5 Å². The lowest BCUT2D eigenvalue weighted by Crippen LogP contribution is -2.01. The first-order valence-corrected chi connectivity index (χ1v) is 6.30. The van der Waals surface area contributed by atoms with Gasteiger partial charge in [-0.15, -0.1) is 0 Å². The van der Waals surface area contributed by atoms with Crippen molar-refractivity contribution in [2.75, 3.05) is 13.7 Å². The SMILES string of the molecule is COc1ccc(O)c(C=NCC(O)c2ccccc2)c1. The van der Waals surface area contributed by atoms with Crippen molar-refractivity contribution in [2.24, 2.45) is 4.99 Å². The zero-order chi connectivity index (χ0) is 14.4. The highest BCUT2D eigenvalue weighted by atomic mass is 16.5. The summed E-state index contributed by atoms with van der Waals surface area (Å²) in [6.07, 6.45) is 0.879. The molecule has 0 bridgehead atoms. The minimum atomic E-state index is -0.653. The van der Waals surface area contributed by atoms with Gasteiger partial charge in [0.2, 0.25) is 0 Å². The molecule has 1 unspecified atom stereocenters. The van der Waals surface area contributed by atoms with Gasteiger partial charge in [0.1, 0.15) is 11.5 Å². The predicted octanol–water partition coefficient (Wildman–Crippen LogP) is 2.55. The third-order valence-corrected chi connectivity index (χ3v) is 2.93. The number of phenols is 1. The number of benzene rings is 2. The van der Waals surface area contributed by atoms with Crippen molar-refractivity contribution in [2.45, 2.75) is 6.10 Å². The maximum atomic E-state index is 9.97. The molecule has 0 amide bonds. The zero-order valence-electron chi connectivity index (χ0n) is 11.2. The molecule has 0 saturated heterocycles. The number of aliphatic hydroxyl groups is 1. The maximum absolute atomic E-state index is 9.97. The van der Waals surface area contributed by atoms with Crippen molar-refractivity contribution in [1.29, 1.82) is 0 Å². The fourth-order valence-electron chi connectivity index (χ4n) is 1.79. The van der Waals surface area contributed by atoms with Crippen molar-refractivity contribution in [3.63, 3.8) is 0 Å². The molecule has 0 spiro atoms. The quantitative estimate of drug-likeness (QED) is 0.821. The van der Waals surface area contributed by atoms with Gasteiger partial charge >= 0.3 is 0 Å². The summed E-state index contributed by atoms with van der Waals surface area (Å²) in [5, 5.41) is 19.7. The Morgan fingerprint density at radius 2 is 1.95 bits per heavy atom. The van der Waals surface area contributed by atoms with Crippen LogP contribution in [0.25, 0.3) is 0 Å². The molecule has 0 heterocycles. The third kappa shape index (κ3) is 3.59. The van der Waals surface area contributed by atoms with E-state index in [0.717, 1.165) is 5.56 Å². The second kappa shape index (κ2) is 6.73. The molecule has 20 heavy (non-hydrogen) atoms. The Morgan fingerprint density at radius 3 is 2.65 bits per heavy atom. The third-order valence-electron chi connectivity index (χ3n) is 2.93. The number of aliphatic hydroxyl groups excluding tert-OH is 1. The summed E-state index contributed by atoms with van der Waals surface area (Å²) in [7, 11) is 1.56. The Bertz CT molecular complexity index is 582. The van der Waals surface area contributed by atoms with Gasteiger partial charge in [0.25, 0.3) is 0 Å². The number of phenolic OH excluding ortho intramolecular Hbond substituents is 1. The average molecular weight is 271 g/mol. The van der Waals surface area contributed by atoms with E-state index in [-0.39, 0.29) is 12.3 Å². The normalized spacial score (nSPS) is 12.5. The first kappa shape index (κ1) is 14.1. The lowest BCUT2D eigenvalue weighted by atomic mass is 10.1. The molecular weight excluding hydrogens is 254 g/mol. The second-order valence-corrected chi connectivity index (χ2v) is 4.35. The summed E-state index contributed by atoms with van der Waals surface area (Å²) in [5.74, 6) is 0.775. The number of hydrogen-bond acceptors (Lipinski definition) is 4. The molecule has 4 heteroatoms. The van der Waals surface area contributed by atoms with Crippen LogP contribution in [-0.4, -0.2) is 30.1 Å². The Morgan fingerprint density at radius 1 is 1.20 bits per heavy atom. The molecule has 0 aliphatic rings. The first-order chi connectivity index (χ1) is 9.70. The summed E-state index contributed by atoms with van der Waals surface area (Å²) in [5.41, 5.74) is 1.38. The molecule has 2 aromatic carbocycles. The van der Waals surface area contributed by atoms with Crippen LogP contribution in [0.3, 0.4) is 0 Å². The number of nitrogens with zero attached hydrogens (tertiary/aromatic N) is 1. The van der Waals surface area contributed by atoms with Crippen LogP contribution in [0.4, 0.5) is 0 Å². The molecule has 0 radical (unpaired) electrons. The highest BCUT2D eigenvalue weighted by molar-refractivity contribution is 5.84. The van der Waals surface area contributed by atoms with E-state index in [9.17, 15) is 10.2 Å². The van der Waals surface area contributed by atoms with Crippen LogP contribution in [0.1, 0.15) is 17.2 Å². The van der Waals surface area contributed by atoms with Gasteiger partial charge < -0.3 is 14.9 Å². The molecule has 2 aromatic rings. The number of aliphatic imine (C=N–C) groups is 1. The largest absolute Gasteiger partial charge is 0.507 e. The summed E-state index contributed by atoms with van der Waals surface area (Å²) in [6.45, 7) is 0.237. The number of aromatic hydroxyl groups is 1. The number of rotatable bonds is 5. The molecule has 2 N–H and O–H groups in total. The van der Waals surface area contributed by atoms with Crippen LogP contribution in [0.5, 0.6) is 11.5 Å². The number of methoxy groups -OCH3 is 1. The first-order valence-electron chi connectivity index (χ1n) is 6.30. The van der Waals surface area contributed by atoms with Crippen LogP contribution in [0, 0.1) is 0 Å². The Labute approximate surface area is 118 Å². The zero-order valence-corrected chi connectivity index (χ0v) is 11.2. The minimum Gasteiger partial charge on any atom is -0.507 e. The summed E-state index contributed by atoms with van der Waals surface area (Å²) in [4.78, 5) is 4.16. The summed E-state index contributed by atoms with van der Waals surface area (Å²) < 4.78 is 5.08. The van der Waals surface area contributed by atoms with Crippen molar-refractivity contribution >= 4 is 6.21 Å². The van der Waals surface area contributed by atoms with Gasteiger partial charge in [-0.3, -0.25) is 4.99 Å². The molecule has 0 fully saturated rings. The topological polar surface area (TPSA) is 62.0 Å². The number of ether oxygens (including phenoxy) is 1. The van der Waals surface area contributed by atoms with Gasteiger partial charge in [-0.05, 0) is 23.8 Å². The maximum Gasteiger partial charge on any atom is 0.124 e. The van der Waals surface area contributed by atoms with E-state index >= 15 is 0 Å². The minimum absolute atomic E-state index is 0.128. The van der Waals surface area contributed by atoms with E-state index in [2.05, 4.69) is 4.99 Å². The molecule has 0 aliphatic heterocycles. The van der Waals surface area contributed by atoms with E-state index < -0.39 is 6.10 Å². The summed E-state index contributed by atoms with van der Waals surface area (Å²) >= 11 is 0.